The van der Waals surface area contributed by atoms with Crippen molar-refractivity contribution in [3.05, 3.63) is 64.7 Å². The van der Waals surface area contributed by atoms with E-state index in [1.54, 1.807) is 24.3 Å². The number of nitrogens with one attached hydrogen (secondary N) is 1. The van der Waals surface area contributed by atoms with E-state index in [-0.39, 0.29) is 5.91 Å². The van der Waals surface area contributed by atoms with Crippen molar-refractivity contribution < 1.29 is 9.00 Å². The first-order valence-electron chi connectivity index (χ1n) is 7.01. The number of rotatable bonds is 6. The van der Waals surface area contributed by atoms with E-state index < -0.39 is 10.8 Å². The molecule has 22 heavy (non-hydrogen) atoms. The predicted octanol–water partition coefficient (Wildman–Crippen LogP) is 3.11. The van der Waals surface area contributed by atoms with E-state index in [0.717, 1.165) is 16.0 Å². The minimum atomic E-state index is -1.13. The molecule has 0 fully saturated rings. The average Bonchev–Trinajstić information content (AvgIpc) is 2.47. The van der Waals surface area contributed by atoms with Crippen LogP contribution in [0, 0.1) is 6.92 Å². The maximum Gasteiger partial charge on any atom is 0.224 e. The third-order valence-corrected chi connectivity index (χ3v) is 4.76. The molecule has 0 saturated heterocycles. The maximum atomic E-state index is 12.1. The lowest BCUT2D eigenvalue weighted by atomic mass is 10.1. The second-order valence-corrected chi connectivity index (χ2v) is 7.03. The van der Waals surface area contributed by atoms with Crippen LogP contribution in [0.5, 0.6) is 0 Å². The van der Waals surface area contributed by atoms with Gasteiger partial charge < -0.3 is 5.32 Å². The van der Waals surface area contributed by atoms with Gasteiger partial charge in [0.1, 0.15) is 0 Å². The number of carbonyl (C=O) groups is 1. The van der Waals surface area contributed by atoms with Crippen LogP contribution in [0.1, 0.15) is 11.1 Å². The summed E-state index contributed by atoms with van der Waals surface area (Å²) in [4.78, 5) is 12.6. The Kier molecular flexibility index (Phi) is 6.16. The topological polar surface area (TPSA) is 46.2 Å². The maximum absolute atomic E-state index is 12.1. The number of amides is 1. The number of halogens is 1. The molecule has 0 aliphatic heterocycles. The molecule has 0 saturated carbocycles. The summed E-state index contributed by atoms with van der Waals surface area (Å²) in [6, 6.07) is 14.8. The highest BCUT2D eigenvalue weighted by molar-refractivity contribution is 7.85. The van der Waals surface area contributed by atoms with Gasteiger partial charge in [0.2, 0.25) is 5.91 Å². The zero-order valence-corrected chi connectivity index (χ0v) is 13.9. The Hall–Kier alpha value is -1.65. The predicted molar refractivity (Wildman–Crippen MR) is 90.6 cm³/mol. The van der Waals surface area contributed by atoms with E-state index >= 15 is 0 Å². The Morgan fingerprint density at radius 3 is 2.59 bits per heavy atom. The van der Waals surface area contributed by atoms with Gasteiger partial charge >= 0.3 is 0 Å². The van der Waals surface area contributed by atoms with Crippen LogP contribution in [-0.2, 0) is 22.0 Å². The van der Waals surface area contributed by atoms with Crippen molar-refractivity contribution in [3.8, 4) is 0 Å². The fourth-order valence-electron chi connectivity index (χ4n) is 2.06. The van der Waals surface area contributed by atoms with Gasteiger partial charge in [0.05, 0.1) is 17.2 Å². The SMILES string of the molecule is Cc1cccc(CC(=O)NCC[S@@](=O)c2ccc(Cl)cc2)c1. The molecule has 0 heterocycles. The zero-order valence-electron chi connectivity index (χ0n) is 12.3. The van der Waals surface area contributed by atoms with Crippen LogP contribution in [0.25, 0.3) is 0 Å². The smallest absolute Gasteiger partial charge is 0.224 e. The Balaban J connectivity index is 1.77. The number of aryl methyl sites for hydroxylation is 1. The van der Waals surface area contributed by atoms with Gasteiger partial charge in [0.25, 0.3) is 0 Å². The molecular formula is C17H18ClNO2S. The van der Waals surface area contributed by atoms with Crippen molar-refractivity contribution in [3.63, 3.8) is 0 Å². The highest BCUT2D eigenvalue weighted by Gasteiger charge is 2.06. The number of benzene rings is 2. The highest BCUT2D eigenvalue weighted by Crippen LogP contribution is 2.12. The van der Waals surface area contributed by atoms with Gasteiger partial charge in [-0.2, -0.15) is 0 Å². The van der Waals surface area contributed by atoms with Gasteiger partial charge in [-0.05, 0) is 36.8 Å². The summed E-state index contributed by atoms with van der Waals surface area (Å²) in [6.07, 6.45) is 0.343. The van der Waals surface area contributed by atoms with Gasteiger partial charge in [0, 0.05) is 22.2 Å². The molecule has 5 heteroatoms. The Morgan fingerprint density at radius 2 is 1.91 bits per heavy atom. The van der Waals surface area contributed by atoms with Gasteiger partial charge in [-0.1, -0.05) is 41.4 Å². The minimum absolute atomic E-state index is 0.0568. The molecule has 1 N–H and O–H groups in total. The van der Waals surface area contributed by atoms with E-state index in [1.165, 1.54) is 0 Å². The van der Waals surface area contributed by atoms with Crippen molar-refractivity contribution in [1.29, 1.82) is 0 Å². The standard InChI is InChI=1S/C17H18ClNO2S/c1-13-3-2-4-14(11-13)12-17(20)19-9-10-22(21)16-7-5-15(18)6-8-16/h2-8,11H,9-10,12H2,1H3,(H,19,20)/t22-/m1/s1. The third-order valence-electron chi connectivity index (χ3n) is 3.13. The monoisotopic (exact) mass is 335 g/mol. The molecule has 2 aromatic rings. The van der Waals surface area contributed by atoms with E-state index in [1.807, 2.05) is 31.2 Å². The average molecular weight is 336 g/mol. The molecule has 1 amide bonds. The summed E-state index contributed by atoms with van der Waals surface area (Å²) in [5.74, 6) is 0.333. The first kappa shape index (κ1) is 16.7. The van der Waals surface area contributed by atoms with Crippen LogP contribution in [0.2, 0.25) is 5.02 Å². The first-order valence-corrected chi connectivity index (χ1v) is 8.70. The summed E-state index contributed by atoms with van der Waals surface area (Å²) in [5, 5.41) is 3.42. The Labute approximate surface area is 138 Å². The highest BCUT2D eigenvalue weighted by atomic mass is 35.5. The quantitative estimate of drug-likeness (QED) is 0.881. The fourth-order valence-corrected chi connectivity index (χ4v) is 3.15. The van der Waals surface area contributed by atoms with Crippen LogP contribution in [-0.4, -0.2) is 22.4 Å². The van der Waals surface area contributed by atoms with E-state index in [4.69, 9.17) is 11.6 Å². The second kappa shape index (κ2) is 8.11. The number of hydrogen-bond donors (Lipinski definition) is 1. The van der Waals surface area contributed by atoms with E-state index in [0.29, 0.717) is 23.7 Å². The second-order valence-electron chi connectivity index (χ2n) is 5.02. The summed E-state index contributed by atoms with van der Waals surface area (Å²) >= 11 is 5.79. The fraction of sp³-hybridized carbons (Fsp3) is 0.235. The van der Waals surface area contributed by atoms with Gasteiger partial charge in [0.15, 0.2) is 0 Å². The van der Waals surface area contributed by atoms with Crippen LogP contribution < -0.4 is 5.32 Å². The van der Waals surface area contributed by atoms with Crippen LogP contribution in [0.15, 0.2) is 53.4 Å². The summed E-state index contributed by atoms with van der Waals surface area (Å²) < 4.78 is 12.1. The molecule has 0 bridgehead atoms. The van der Waals surface area contributed by atoms with Crippen molar-refractivity contribution in [2.75, 3.05) is 12.3 Å². The van der Waals surface area contributed by atoms with E-state index in [9.17, 15) is 9.00 Å². The van der Waals surface area contributed by atoms with Gasteiger partial charge in [-0.3, -0.25) is 9.00 Å². The molecule has 0 unspecified atom stereocenters. The largest absolute Gasteiger partial charge is 0.355 e. The van der Waals surface area contributed by atoms with E-state index in [2.05, 4.69) is 5.32 Å². The summed E-state index contributed by atoms with van der Waals surface area (Å²) in [6.45, 7) is 2.39. The third kappa shape index (κ3) is 5.28. The minimum Gasteiger partial charge on any atom is -0.355 e. The Morgan fingerprint density at radius 1 is 1.18 bits per heavy atom. The molecule has 0 aliphatic carbocycles. The lowest BCUT2D eigenvalue weighted by Crippen LogP contribution is -2.29. The number of carbonyl (C=O) groups excluding carboxylic acids is 1. The molecule has 116 valence electrons. The van der Waals surface area contributed by atoms with Gasteiger partial charge in [-0.25, -0.2) is 0 Å². The molecule has 2 aromatic carbocycles. The van der Waals surface area contributed by atoms with Crippen LogP contribution in [0.3, 0.4) is 0 Å². The molecular weight excluding hydrogens is 318 g/mol. The van der Waals surface area contributed by atoms with Crippen molar-refractivity contribution in [2.24, 2.45) is 0 Å². The van der Waals surface area contributed by atoms with Crippen molar-refractivity contribution in [1.82, 2.24) is 5.32 Å². The molecule has 3 nitrogen and oxygen atoms in total. The number of hydrogen-bond acceptors (Lipinski definition) is 2. The molecule has 0 radical (unpaired) electrons. The molecule has 1 atom stereocenters. The molecule has 0 aromatic heterocycles. The van der Waals surface area contributed by atoms with Crippen molar-refractivity contribution >= 4 is 28.3 Å². The Bertz CT molecular complexity index is 671. The van der Waals surface area contributed by atoms with Crippen molar-refractivity contribution in [2.45, 2.75) is 18.2 Å². The van der Waals surface area contributed by atoms with Gasteiger partial charge in [-0.15, -0.1) is 0 Å². The first-order chi connectivity index (χ1) is 10.5. The van der Waals surface area contributed by atoms with Crippen LogP contribution >= 0.6 is 11.6 Å². The normalized spacial score (nSPS) is 11.9. The molecule has 2 rings (SSSR count). The lowest BCUT2D eigenvalue weighted by Gasteiger charge is -2.06. The summed E-state index contributed by atoms with van der Waals surface area (Å²) in [5.41, 5.74) is 2.12. The lowest BCUT2D eigenvalue weighted by molar-refractivity contribution is -0.120. The molecule has 0 spiro atoms. The molecule has 0 aliphatic rings. The zero-order chi connectivity index (χ0) is 15.9. The summed E-state index contributed by atoms with van der Waals surface area (Å²) in [7, 11) is -1.13. The van der Waals surface area contributed by atoms with Crippen LogP contribution in [0.4, 0.5) is 0 Å².